The van der Waals surface area contributed by atoms with E-state index in [9.17, 15) is 10.1 Å². The average molecular weight is 457 g/mol. The van der Waals surface area contributed by atoms with Gasteiger partial charge in [0, 0.05) is 18.4 Å². The lowest BCUT2D eigenvalue weighted by molar-refractivity contribution is -0.119. The second-order valence-electron chi connectivity index (χ2n) is 7.73. The molecule has 0 saturated carbocycles. The summed E-state index contributed by atoms with van der Waals surface area (Å²) in [6.45, 7) is 4.08. The number of nitrogens with two attached hydrogens (primary N) is 1. The van der Waals surface area contributed by atoms with E-state index in [0.29, 0.717) is 45.7 Å². The van der Waals surface area contributed by atoms with Gasteiger partial charge < -0.3 is 19.9 Å². The maximum absolute atomic E-state index is 13.0. The number of hydrogen-bond donors (Lipinski definition) is 1. The first-order valence-corrected chi connectivity index (χ1v) is 9.79. The van der Waals surface area contributed by atoms with Gasteiger partial charge in [-0.05, 0) is 39.0 Å². The van der Waals surface area contributed by atoms with Crippen LogP contribution in [0, 0.1) is 29.1 Å². The van der Waals surface area contributed by atoms with Gasteiger partial charge in [0.15, 0.2) is 17.3 Å². The molecule has 0 saturated heterocycles. The van der Waals surface area contributed by atoms with Crippen molar-refractivity contribution in [1.82, 2.24) is 0 Å². The summed E-state index contributed by atoms with van der Waals surface area (Å²) in [7, 11) is 1.51. The number of carbonyl (C=O) groups is 1. The van der Waals surface area contributed by atoms with E-state index in [0.717, 1.165) is 0 Å². The largest absolute Gasteiger partial charge is 0.493 e. The SMILES string of the molecule is C#CCOc1c(Br)cc([C@@H]2C(C#N)=C(N)OC3=C2C(=O)CC(C)(C)C3)cc1OC. The van der Waals surface area contributed by atoms with Crippen molar-refractivity contribution in [2.24, 2.45) is 11.1 Å². The molecule has 0 aromatic heterocycles. The van der Waals surface area contributed by atoms with Crippen molar-refractivity contribution in [2.45, 2.75) is 32.6 Å². The van der Waals surface area contributed by atoms with Crippen LogP contribution in [0.3, 0.4) is 0 Å². The molecule has 0 bridgehead atoms. The van der Waals surface area contributed by atoms with Gasteiger partial charge in [-0.1, -0.05) is 19.8 Å². The Balaban J connectivity index is 2.19. The zero-order valence-electron chi connectivity index (χ0n) is 16.5. The van der Waals surface area contributed by atoms with E-state index in [1.54, 1.807) is 12.1 Å². The molecule has 2 N–H and O–H groups in total. The van der Waals surface area contributed by atoms with Gasteiger partial charge in [0.05, 0.1) is 17.5 Å². The number of benzene rings is 1. The molecule has 1 aliphatic carbocycles. The fourth-order valence-corrected chi connectivity index (χ4v) is 4.35. The van der Waals surface area contributed by atoms with Crippen molar-refractivity contribution in [1.29, 1.82) is 5.26 Å². The predicted octanol–water partition coefficient (Wildman–Crippen LogP) is 3.92. The molecule has 0 radical (unpaired) electrons. The van der Waals surface area contributed by atoms with Crippen LogP contribution in [0.4, 0.5) is 0 Å². The molecule has 1 aromatic carbocycles. The van der Waals surface area contributed by atoms with E-state index in [1.807, 2.05) is 13.8 Å². The minimum Gasteiger partial charge on any atom is -0.493 e. The lowest BCUT2D eigenvalue weighted by atomic mass is 9.70. The summed E-state index contributed by atoms with van der Waals surface area (Å²) in [6.07, 6.45) is 6.21. The number of rotatable bonds is 4. The lowest BCUT2D eigenvalue weighted by Crippen LogP contribution is -2.33. The number of methoxy groups -OCH3 is 1. The quantitative estimate of drug-likeness (QED) is 0.689. The molecule has 2 aliphatic rings. The number of halogens is 1. The summed E-state index contributed by atoms with van der Waals surface area (Å²) in [4.78, 5) is 13.0. The third-order valence-corrected chi connectivity index (χ3v) is 5.55. The molecule has 29 heavy (non-hydrogen) atoms. The van der Waals surface area contributed by atoms with Crippen LogP contribution >= 0.6 is 15.9 Å². The van der Waals surface area contributed by atoms with Crippen molar-refractivity contribution < 1.29 is 19.0 Å². The molecule has 3 rings (SSSR count). The smallest absolute Gasteiger partial charge is 0.205 e. The van der Waals surface area contributed by atoms with Crippen LogP contribution in [-0.2, 0) is 9.53 Å². The van der Waals surface area contributed by atoms with Crippen LogP contribution in [0.15, 0.2) is 39.4 Å². The molecule has 150 valence electrons. The maximum atomic E-state index is 13.0. The van der Waals surface area contributed by atoms with E-state index < -0.39 is 5.92 Å². The molecule has 6 nitrogen and oxygen atoms in total. The number of terminal acetylenes is 1. The first-order chi connectivity index (χ1) is 13.7. The Bertz CT molecular complexity index is 1020. The molecule has 0 amide bonds. The molecule has 1 heterocycles. The Kier molecular flexibility index (Phi) is 5.64. The zero-order valence-corrected chi connectivity index (χ0v) is 18.1. The molecule has 1 aromatic rings. The Morgan fingerprint density at radius 2 is 2.14 bits per heavy atom. The fraction of sp³-hybridized carbons (Fsp3) is 0.364. The third kappa shape index (κ3) is 3.83. The van der Waals surface area contributed by atoms with Crippen LogP contribution in [0.5, 0.6) is 11.5 Å². The highest BCUT2D eigenvalue weighted by Crippen LogP contribution is 2.49. The van der Waals surface area contributed by atoms with Crippen LogP contribution in [0.25, 0.3) is 0 Å². The van der Waals surface area contributed by atoms with Gasteiger partial charge in [-0.25, -0.2) is 0 Å². The number of nitrogens with zero attached hydrogens (tertiary/aromatic N) is 1. The summed E-state index contributed by atoms with van der Waals surface area (Å²) >= 11 is 3.48. The molecular weight excluding hydrogens is 436 g/mol. The minimum absolute atomic E-state index is 0.0181. The summed E-state index contributed by atoms with van der Waals surface area (Å²) in [6, 6.07) is 5.63. The number of ether oxygens (including phenoxy) is 3. The summed E-state index contributed by atoms with van der Waals surface area (Å²) in [5, 5.41) is 9.75. The van der Waals surface area contributed by atoms with Crippen molar-refractivity contribution in [2.75, 3.05) is 13.7 Å². The predicted molar refractivity (Wildman–Crippen MR) is 111 cm³/mol. The van der Waals surface area contributed by atoms with Crippen LogP contribution in [0.2, 0.25) is 0 Å². The Morgan fingerprint density at radius 3 is 2.76 bits per heavy atom. The third-order valence-electron chi connectivity index (χ3n) is 4.96. The van der Waals surface area contributed by atoms with E-state index in [-0.39, 0.29) is 29.3 Å². The number of nitriles is 1. The van der Waals surface area contributed by atoms with Gasteiger partial charge in [0.1, 0.15) is 24.0 Å². The van der Waals surface area contributed by atoms with Gasteiger partial charge in [-0.2, -0.15) is 5.26 Å². The van der Waals surface area contributed by atoms with Crippen molar-refractivity contribution in [3.8, 4) is 29.9 Å². The second-order valence-corrected chi connectivity index (χ2v) is 8.58. The van der Waals surface area contributed by atoms with E-state index in [2.05, 4.69) is 27.9 Å². The van der Waals surface area contributed by atoms with Crippen LogP contribution in [-0.4, -0.2) is 19.5 Å². The Labute approximate surface area is 178 Å². The number of carbonyl (C=O) groups excluding carboxylic acids is 1. The van der Waals surface area contributed by atoms with E-state index >= 15 is 0 Å². The monoisotopic (exact) mass is 456 g/mol. The summed E-state index contributed by atoms with van der Waals surface area (Å²) in [5.41, 5.74) is 7.16. The highest BCUT2D eigenvalue weighted by Gasteiger charge is 2.43. The molecule has 0 unspecified atom stereocenters. The highest BCUT2D eigenvalue weighted by molar-refractivity contribution is 9.10. The lowest BCUT2D eigenvalue weighted by Gasteiger charge is -2.37. The Hall–Kier alpha value is -2.90. The van der Waals surface area contributed by atoms with Gasteiger partial charge in [0.25, 0.3) is 0 Å². The zero-order chi connectivity index (χ0) is 21.3. The van der Waals surface area contributed by atoms with E-state index in [1.165, 1.54) is 7.11 Å². The first-order valence-electron chi connectivity index (χ1n) is 9.00. The number of Topliss-reactive ketones (excluding diaryl/α,β-unsaturated/α-hetero) is 1. The standard InChI is InChI=1S/C22H21BrN2O4/c1-5-6-28-20-14(23)7-12(8-16(20)27-4)18-13(11-24)21(25)29-17-10-22(2,3)9-15(26)19(17)18/h1,7-8,18H,6,9-10,25H2,2-4H3/t18-/m1/s1. The molecule has 7 heteroatoms. The minimum atomic E-state index is -0.640. The Morgan fingerprint density at radius 1 is 1.41 bits per heavy atom. The summed E-state index contributed by atoms with van der Waals surface area (Å²) < 4.78 is 17.3. The fourth-order valence-electron chi connectivity index (χ4n) is 3.78. The number of allylic oxidation sites excluding steroid dienone is 3. The average Bonchev–Trinajstić information content (AvgIpc) is 2.64. The molecular formula is C22H21BrN2O4. The van der Waals surface area contributed by atoms with Crippen molar-refractivity contribution >= 4 is 21.7 Å². The molecule has 1 aliphatic heterocycles. The van der Waals surface area contributed by atoms with Gasteiger partial charge in [-0.15, -0.1) is 6.42 Å². The maximum Gasteiger partial charge on any atom is 0.205 e. The second kappa shape index (κ2) is 7.85. The van der Waals surface area contributed by atoms with Gasteiger partial charge in [0.2, 0.25) is 5.88 Å². The summed E-state index contributed by atoms with van der Waals surface area (Å²) in [5.74, 6) is 3.14. The number of hydrogen-bond acceptors (Lipinski definition) is 6. The van der Waals surface area contributed by atoms with Crippen LogP contribution in [0.1, 0.15) is 38.2 Å². The van der Waals surface area contributed by atoms with Gasteiger partial charge >= 0.3 is 0 Å². The van der Waals surface area contributed by atoms with E-state index in [4.69, 9.17) is 26.4 Å². The van der Waals surface area contributed by atoms with Crippen molar-refractivity contribution in [3.05, 3.63) is 45.0 Å². The molecule has 0 fully saturated rings. The van der Waals surface area contributed by atoms with Crippen molar-refractivity contribution in [3.63, 3.8) is 0 Å². The molecule has 0 spiro atoms. The normalized spacial score (nSPS) is 20.3. The first kappa shape index (κ1) is 20.8. The molecule has 1 atom stereocenters. The highest BCUT2D eigenvalue weighted by atomic mass is 79.9. The topological polar surface area (TPSA) is 94.6 Å². The number of ketones is 1. The van der Waals surface area contributed by atoms with Gasteiger partial charge in [-0.3, -0.25) is 4.79 Å². The van der Waals surface area contributed by atoms with Crippen LogP contribution < -0.4 is 15.2 Å².